The van der Waals surface area contributed by atoms with Crippen LogP contribution in [0, 0.1) is 12.8 Å². The molecule has 1 atom stereocenters. The molecular formula is C18H30N2O. The third-order valence-electron chi connectivity index (χ3n) is 4.53. The molecule has 0 saturated carbocycles. The first-order valence-corrected chi connectivity index (χ1v) is 8.19. The first kappa shape index (κ1) is 16.3. The molecule has 0 aromatic heterocycles. The Morgan fingerprint density at radius 1 is 1.38 bits per heavy atom. The van der Waals surface area contributed by atoms with E-state index in [1.54, 1.807) is 7.11 Å². The fourth-order valence-corrected chi connectivity index (χ4v) is 3.26. The quantitative estimate of drug-likeness (QED) is 0.779. The number of ether oxygens (including phenoxy) is 1. The number of aryl methyl sites for hydroxylation is 1. The second-order valence-electron chi connectivity index (χ2n) is 6.43. The summed E-state index contributed by atoms with van der Waals surface area (Å²) in [6.45, 7) is 10.7. The Bertz CT molecular complexity index is 445. The minimum atomic E-state index is 0.704. The third-order valence-corrected chi connectivity index (χ3v) is 4.53. The van der Waals surface area contributed by atoms with Gasteiger partial charge < -0.3 is 15.0 Å². The van der Waals surface area contributed by atoms with Gasteiger partial charge in [-0.1, -0.05) is 19.9 Å². The van der Waals surface area contributed by atoms with Gasteiger partial charge in [-0.3, -0.25) is 0 Å². The zero-order chi connectivity index (χ0) is 15.2. The summed E-state index contributed by atoms with van der Waals surface area (Å²) in [5.74, 6) is 0.725. The molecule has 1 aromatic carbocycles. The van der Waals surface area contributed by atoms with Gasteiger partial charge in [0, 0.05) is 38.5 Å². The molecule has 1 heterocycles. The molecule has 3 nitrogen and oxygen atoms in total. The molecule has 1 unspecified atom stereocenters. The highest BCUT2D eigenvalue weighted by molar-refractivity contribution is 5.52. The van der Waals surface area contributed by atoms with Crippen molar-refractivity contribution < 1.29 is 4.74 Å². The van der Waals surface area contributed by atoms with Crippen LogP contribution in [-0.4, -0.2) is 32.8 Å². The molecule has 1 saturated heterocycles. The molecule has 2 rings (SSSR count). The van der Waals surface area contributed by atoms with Gasteiger partial charge in [-0.05, 0) is 48.9 Å². The predicted octanol–water partition coefficient (Wildman–Crippen LogP) is 3.36. The Morgan fingerprint density at radius 3 is 2.86 bits per heavy atom. The smallest absolute Gasteiger partial charge is 0.0587 e. The summed E-state index contributed by atoms with van der Waals surface area (Å²) in [4.78, 5) is 2.60. The third kappa shape index (κ3) is 4.21. The lowest BCUT2D eigenvalue weighted by Crippen LogP contribution is -2.33. The van der Waals surface area contributed by atoms with Crippen LogP contribution in [0.25, 0.3) is 0 Å². The molecule has 1 aliphatic heterocycles. The van der Waals surface area contributed by atoms with Crippen molar-refractivity contribution in [3.8, 4) is 0 Å². The molecule has 0 amide bonds. The van der Waals surface area contributed by atoms with Crippen molar-refractivity contribution in [2.75, 3.05) is 31.7 Å². The van der Waals surface area contributed by atoms with Gasteiger partial charge in [0.2, 0.25) is 0 Å². The Labute approximate surface area is 129 Å². The van der Waals surface area contributed by atoms with Crippen molar-refractivity contribution in [1.82, 2.24) is 5.32 Å². The first-order chi connectivity index (χ1) is 10.1. The van der Waals surface area contributed by atoms with Gasteiger partial charge in [-0.2, -0.15) is 0 Å². The van der Waals surface area contributed by atoms with Crippen LogP contribution in [0.4, 0.5) is 5.69 Å². The summed E-state index contributed by atoms with van der Waals surface area (Å²) in [6.07, 6.45) is 2.65. The second-order valence-corrected chi connectivity index (χ2v) is 6.43. The van der Waals surface area contributed by atoms with Crippen LogP contribution >= 0.6 is 0 Å². The van der Waals surface area contributed by atoms with E-state index in [-0.39, 0.29) is 0 Å². The van der Waals surface area contributed by atoms with Crippen LogP contribution < -0.4 is 10.2 Å². The van der Waals surface area contributed by atoms with E-state index < -0.39 is 0 Å². The van der Waals surface area contributed by atoms with E-state index in [0.29, 0.717) is 6.04 Å². The van der Waals surface area contributed by atoms with E-state index in [0.717, 1.165) is 25.6 Å². The second kappa shape index (κ2) is 7.81. The zero-order valence-electron chi connectivity index (χ0n) is 14.0. The highest BCUT2D eigenvalue weighted by Gasteiger charge is 2.27. The summed E-state index contributed by atoms with van der Waals surface area (Å²) in [5, 5.41) is 3.42. The van der Waals surface area contributed by atoms with Crippen LogP contribution in [0.1, 0.15) is 37.8 Å². The fraction of sp³-hybridized carbons (Fsp3) is 0.667. The summed E-state index contributed by atoms with van der Waals surface area (Å²) in [7, 11) is 1.74. The molecule has 0 spiro atoms. The number of nitrogens with zero attached hydrogens (tertiary/aromatic N) is 1. The molecule has 0 bridgehead atoms. The lowest BCUT2D eigenvalue weighted by atomic mass is 10.0. The van der Waals surface area contributed by atoms with Crippen molar-refractivity contribution in [3.05, 3.63) is 29.3 Å². The van der Waals surface area contributed by atoms with Crippen LogP contribution in [0.15, 0.2) is 18.2 Å². The van der Waals surface area contributed by atoms with Gasteiger partial charge in [-0.15, -0.1) is 0 Å². The zero-order valence-corrected chi connectivity index (χ0v) is 14.0. The summed E-state index contributed by atoms with van der Waals surface area (Å²) < 4.78 is 5.06. The van der Waals surface area contributed by atoms with Crippen molar-refractivity contribution in [1.29, 1.82) is 0 Å². The van der Waals surface area contributed by atoms with E-state index in [4.69, 9.17) is 4.74 Å². The Kier molecular flexibility index (Phi) is 6.07. The SMILES string of the molecule is COCCNCc1ccc(N2CCCC2C(C)C)cc1C. The van der Waals surface area contributed by atoms with E-state index in [1.165, 1.54) is 36.2 Å². The standard InChI is InChI=1S/C18H30N2O/c1-14(2)18-6-5-10-20(18)17-8-7-16(15(3)12-17)13-19-9-11-21-4/h7-8,12,14,18-19H,5-6,9-11,13H2,1-4H3. The molecule has 0 aliphatic carbocycles. The van der Waals surface area contributed by atoms with E-state index in [2.05, 4.69) is 49.2 Å². The van der Waals surface area contributed by atoms with E-state index in [9.17, 15) is 0 Å². The van der Waals surface area contributed by atoms with Gasteiger partial charge in [0.15, 0.2) is 0 Å². The Morgan fingerprint density at radius 2 is 2.19 bits per heavy atom. The van der Waals surface area contributed by atoms with Crippen LogP contribution in [-0.2, 0) is 11.3 Å². The predicted molar refractivity (Wildman–Crippen MR) is 90.0 cm³/mol. The number of benzene rings is 1. The van der Waals surface area contributed by atoms with Crippen LogP contribution in [0.2, 0.25) is 0 Å². The Balaban J connectivity index is 2.01. The van der Waals surface area contributed by atoms with E-state index in [1.807, 2.05) is 0 Å². The highest BCUT2D eigenvalue weighted by atomic mass is 16.5. The van der Waals surface area contributed by atoms with Crippen molar-refractivity contribution in [3.63, 3.8) is 0 Å². The largest absolute Gasteiger partial charge is 0.383 e. The summed E-state index contributed by atoms with van der Waals surface area (Å²) >= 11 is 0. The van der Waals surface area contributed by atoms with E-state index >= 15 is 0 Å². The summed E-state index contributed by atoms with van der Waals surface area (Å²) in [5.41, 5.74) is 4.16. The average Bonchev–Trinajstić information content (AvgIpc) is 2.94. The van der Waals surface area contributed by atoms with Gasteiger partial charge in [0.1, 0.15) is 0 Å². The number of methoxy groups -OCH3 is 1. The van der Waals surface area contributed by atoms with Crippen molar-refractivity contribution in [2.24, 2.45) is 5.92 Å². The maximum atomic E-state index is 5.06. The van der Waals surface area contributed by atoms with Gasteiger partial charge in [-0.25, -0.2) is 0 Å². The highest BCUT2D eigenvalue weighted by Crippen LogP contribution is 2.30. The van der Waals surface area contributed by atoms with Crippen LogP contribution in [0.3, 0.4) is 0 Å². The normalized spacial score (nSPS) is 18.7. The molecule has 3 heteroatoms. The minimum Gasteiger partial charge on any atom is -0.383 e. The number of hydrogen-bond acceptors (Lipinski definition) is 3. The molecule has 21 heavy (non-hydrogen) atoms. The molecule has 1 N–H and O–H groups in total. The lowest BCUT2D eigenvalue weighted by Gasteiger charge is -2.30. The minimum absolute atomic E-state index is 0.704. The van der Waals surface area contributed by atoms with Gasteiger partial charge >= 0.3 is 0 Å². The maximum absolute atomic E-state index is 5.06. The number of rotatable bonds is 7. The lowest BCUT2D eigenvalue weighted by molar-refractivity contribution is 0.199. The molecular weight excluding hydrogens is 260 g/mol. The first-order valence-electron chi connectivity index (χ1n) is 8.19. The van der Waals surface area contributed by atoms with Crippen molar-refractivity contribution >= 4 is 5.69 Å². The number of hydrogen-bond donors (Lipinski definition) is 1. The van der Waals surface area contributed by atoms with Crippen molar-refractivity contribution in [2.45, 2.75) is 46.2 Å². The number of nitrogens with one attached hydrogen (secondary N) is 1. The molecule has 1 aromatic rings. The fourth-order valence-electron chi connectivity index (χ4n) is 3.26. The maximum Gasteiger partial charge on any atom is 0.0587 e. The van der Waals surface area contributed by atoms with Crippen LogP contribution in [0.5, 0.6) is 0 Å². The number of anilines is 1. The molecule has 1 aliphatic rings. The monoisotopic (exact) mass is 290 g/mol. The molecule has 0 radical (unpaired) electrons. The molecule has 118 valence electrons. The Hall–Kier alpha value is -1.06. The topological polar surface area (TPSA) is 24.5 Å². The van der Waals surface area contributed by atoms with Gasteiger partial charge in [0.05, 0.1) is 6.61 Å². The summed E-state index contributed by atoms with van der Waals surface area (Å²) in [6, 6.07) is 7.63. The average molecular weight is 290 g/mol. The van der Waals surface area contributed by atoms with Gasteiger partial charge in [0.25, 0.3) is 0 Å². The molecule has 1 fully saturated rings.